The second kappa shape index (κ2) is 11.0. The number of anilines is 1. The SMILES string of the molecule is Cn1cnnc1-c1cccc(NC(=O)/C=C/C=C(c2ccc(C(F)(F)F)cc2)c2ccc(C(F)(F)F)cc2)c1. The van der Waals surface area contributed by atoms with Gasteiger partial charge in [0.25, 0.3) is 0 Å². The lowest BCUT2D eigenvalue weighted by Crippen LogP contribution is -2.07. The molecule has 1 amide bonds. The lowest BCUT2D eigenvalue weighted by Gasteiger charge is -2.12. The van der Waals surface area contributed by atoms with Crippen LogP contribution in [0.4, 0.5) is 32.0 Å². The number of rotatable bonds is 6. The highest BCUT2D eigenvalue weighted by molar-refractivity contribution is 6.00. The van der Waals surface area contributed by atoms with E-state index in [1.165, 1.54) is 42.5 Å². The van der Waals surface area contributed by atoms with Gasteiger partial charge in [-0.05, 0) is 53.1 Å². The summed E-state index contributed by atoms with van der Waals surface area (Å²) in [6.07, 6.45) is -3.53. The summed E-state index contributed by atoms with van der Waals surface area (Å²) in [7, 11) is 1.78. The van der Waals surface area contributed by atoms with Crippen LogP contribution in [0.15, 0.2) is 97.4 Å². The van der Waals surface area contributed by atoms with Crippen LogP contribution in [-0.4, -0.2) is 20.7 Å². The Balaban J connectivity index is 1.59. The van der Waals surface area contributed by atoms with Crippen molar-refractivity contribution in [3.63, 3.8) is 0 Å². The van der Waals surface area contributed by atoms with E-state index in [0.29, 0.717) is 28.2 Å². The van der Waals surface area contributed by atoms with Crippen LogP contribution in [0.3, 0.4) is 0 Å². The van der Waals surface area contributed by atoms with Crippen molar-refractivity contribution in [2.24, 2.45) is 7.05 Å². The fraction of sp³-hybridized carbons (Fsp3) is 0.107. The second-order valence-corrected chi connectivity index (χ2v) is 8.43. The van der Waals surface area contributed by atoms with E-state index in [0.717, 1.165) is 29.8 Å². The van der Waals surface area contributed by atoms with Gasteiger partial charge in [0, 0.05) is 24.4 Å². The zero-order valence-electron chi connectivity index (χ0n) is 20.3. The maximum absolute atomic E-state index is 13.0. The number of nitrogens with one attached hydrogen (secondary N) is 1. The summed E-state index contributed by atoms with van der Waals surface area (Å²) in [6.45, 7) is 0. The highest BCUT2D eigenvalue weighted by atomic mass is 19.4. The average Bonchev–Trinajstić information content (AvgIpc) is 3.32. The number of hydrogen-bond acceptors (Lipinski definition) is 3. The molecule has 5 nitrogen and oxygen atoms in total. The minimum absolute atomic E-state index is 0.323. The summed E-state index contributed by atoms with van der Waals surface area (Å²) >= 11 is 0. The molecule has 11 heteroatoms. The molecule has 0 aliphatic carbocycles. The molecule has 0 fully saturated rings. The molecule has 3 aromatic carbocycles. The summed E-state index contributed by atoms with van der Waals surface area (Å²) in [4.78, 5) is 12.5. The molecule has 1 heterocycles. The number of carbonyl (C=O) groups is 1. The number of carbonyl (C=O) groups excluding carboxylic acids is 1. The highest BCUT2D eigenvalue weighted by Crippen LogP contribution is 2.33. The van der Waals surface area contributed by atoms with Gasteiger partial charge in [0.15, 0.2) is 5.82 Å². The molecule has 0 saturated heterocycles. The van der Waals surface area contributed by atoms with Gasteiger partial charge in [-0.2, -0.15) is 26.3 Å². The molecule has 1 N–H and O–H groups in total. The summed E-state index contributed by atoms with van der Waals surface area (Å²) in [5, 5.41) is 10.6. The topological polar surface area (TPSA) is 59.8 Å². The van der Waals surface area contributed by atoms with Crippen molar-refractivity contribution in [3.8, 4) is 11.4 Å². The molecule has 4 rings (SSSR count). The first kappa shape index (κ1) is 27.4. The minimum atomic E-state index is -4.54. The van der Waals surface area contributed by atoms with Gasteiger partial charge in [-0.15, -0.1) is 10.2 Å². The molecule has 0 atom stereocenters. The number of amides is 1. The van der Waals surface area contributed by atoms with Gasteiger partial charge in [-0.25, -0.2) is 0 Å². The van der Waals surface area contributed by atoms with Gasteiger partial charge in [0.2, 0.25) is 5.91 Å². The minimum Gasteiger partial charge on any atom is -0.322 e. The number of aromatic nitrogens is 3. The van der Waals surface area contributed by atoms with E-state index in [-0.39, 0.29) is 0 Å². The van der Waals surface area contributed by atoms with Crippen LogP contribution in [-0.2, 0) is 24.2 Å². The van der Waals surface area contributed by atoms with E-state index in [9.17, 15) is 31.1 Å². The molecule has 0 unspecified atom stereocenters. The molecule has 0 aliphatic heterocycles. The predicted molar refractivity (Wildman–Crippen MR) is 134 cm³/mol. The first-order valence-corrected chi connectivity index (χ1v) is 11.4. The molecule has 0 radical (unpaired) electrons. The summed E-state index contributed by atoms with van der Waals surface area (Å²) in [6, 6.07) is 15.3. The third kappa shape index (κ3) is 6.81. The molecular weight excluding hydrogens is 522 g/mol. The number of halogens is 6. The third-order valence-electron chi connectivity index (χ3n) is 5.66. The lowest BCUT2D eigenvalue weighted by atomic mass is 9.95. The Morgan fingerprint density at radius 1 is 0.846 bits per heavy atom. The zero-order valence-corrected chi connectivity index (χ0v) is 20.3. The molecule has 39 heavy (non-hydrogen) atoms. The van der Waals surface area contributed by atoms with E-state index >= 15 is 0 Å². The Morgan fingerprint density at radius 2 is 1.41 bits per heavy atom. The number of allylic oxidation sites excluding steroid dienone is 2. The van der Waals surface area contributed by atoms with Gasteiger partial charge in [-0.3, -0.25) is 4.79 Å². The third-order valence-corrected chi connectivity index (χ3v) is 5.66. The van der Waals surface area contributed by atoms with E-state index in [2.05, 4.69) is 15.5 Å². The smallest absolute Gasteiger partial charge is 0.322 e. The van der Waals surface area contributed by atoms with Crippen LogP contribution in [0.25, 0.3) is 17.0 Å². The molecule has 4 aromatic rings. The lowest BCUT2D eigenvalue weighted by molar-refractivity contribution is -0.138. The summed E-state index contributed by atoms with van der Waals surface area (Å²) in [5.74, 6) is 0.0999. The monoisotopic (exact) mass is 542 g/mol. The Hall–Kier alpha value is -4.67. The number of aryl methyl sites for hydroxylation is 1. The van der Waals surface area contributed by atoms with Crippen molar-refractivity contribution in [1.82, 2.24) is 14.8 Å². The fourth-order valence-electron chi connectivity index (χ4n) is 3.73. The van der Waals surface area contributed by atoms with Gasteiger partial charge in [0.1, 0.15) is 6.33 Å². The Morgan fingerprint density at radius 3 is 1.90 bits per heavy atom. The predicted octanol–water partition coefficient (Wildman–Crippen LogP) is 7.15. The van der Waals surface area contributed by atoms with Gasteiger partial charge in [0.05, 0.1) is 11.1 Å². The average molecular weight is 542 g/mol. The summed E-state index contributed by atoms with van der Waals surface area (Å²) < 4.78 is 79.8. The van der Waals surface area contributed by atoms with Crippen molar-refractivity contribution in [2.75, 3.05) is 5.32 Å². The maximum atomic E-state index is 13.0. The van der Waals surface area contributed by atoms with Crippen molar-refractivity contribution in [2.45, 2.75) is 12.4 Å². The van der Waals surface area contributed by atoms with Crippen molar-refractivity contribution in [3.05, 3.63) is 120 Å². The molecule has 0 bridgehead atoms. The van der Waals surface area contributed by atoms with Crippen LogP contribution in [0, 0.1) is 0 Å². The second-order valence-electron chi connectivity index (χ2n) is 8.43. The molecule has 0 aliphatic rings. The molecule has 200 valence electrons. The first-order valence-electron chi connectivity index (χ1n) is 11.4. The van der Waals surface area contributed by atoms with Crippen LogP contribution >= 0.6 is 0 Å². The van der Waals surface area contributed by atoms with Crippen molar-refractivity contribution >= 4 is 17.2 Å². The van der Waals surface area contributed by atoms with Crippen LogP contribution in [0.5, 0.6) is 0 Å². The van der Waals surface area contributed by atoms with E-state index < -0.39 is 29.4 Å². The van der Waals surface area contributed by atoms with Gasteiger partial charge in [-0.1, -0.05) is 48.6 Å². The Bertz CT molecular complexity index is 1460. The number of alkyl halides is 6. The normalized spacial score (nSPS) is 12.0. The van der Waals surface area contributed by atoms with Crippen molar-refractivity contribution in [1.29, 1.82) is 0 Å². The van der Waals surface area contributed by atoms with Gasteiger partial charge < -0.3 is 9.88 Å². The van der Waals surface area contributed by atoms with E-state index in [4.69, 9.17) is 0 Å². The molecule has 1 aromatic heterocycles. The first-order chi connectivity index (χ1) is 18.4. The molecule has 0 saturated carbocycles. The fourth-order valence-corrected chi connectivity index (χ4v) is 3.73. The maximum Gasteiger partial charge on any atom is 0.416 e. The number of hydrogen-bond donors (Lipinski definition) is 1. The van der Waals surface area contributed by atoms with E-state index in [1.54, 1.807) is 42.2 Å². The quantitative estimate of drug-likeness (QED) is 0.160. The molecular formula is C28H20F6N4O. The van der Waals surface area contributed by atoms with E-state index in [1.807, 2.05) is 0 Å². The standard InChI is InChI=1S/C28H20F6N4O/c1-38-17-35-37-26(38)20-4-2-5-23(16-20)36-25(39)7-3-6-24(18-8-12-21(13-9-18)27(29,30)31)19-10-14-22(15-11-19)28(32,33)34/h2-17H,1H3,(H,36,39)/b7-3+. The highest BCUT2D eigenvalue weighted by Gasteiger charge is 2.31. The van der Waals surface area contributed by atoms with Crippen LogP contribution in [0.1, 0.15) is 22.3 Å². The van der Waals surface area contributed by atoms with Crippen molar-refractivity contribution < 1.29 is 31.1 Å². The number of nitrogens with zero attached hydrogens (tertiary/aromatic N) is 3. The van der Waals surface area contributed by atoms with Gasteiger partial charge >= 0.3 is 12.4 Å². The van der Waals surface area contributed by atoms with Crippen LogP contribution < -0.4 is 5.32 Å². The molecule has 0 spiro atoms. The summed E-state index contributed by atoms with van der Waals surface area (Å²) in [5.41, 5.74) is 0.454. The number of benzene rings is 3. The van der Waals surface area contributed by atoms with Crippen LogP contribution in [0.2, 0.25) is 0 Å². The Kier molecular flexibility index (Phi) is 7.70. The Labute approximate surface area is 219 Å². The largest absolute Gasteiger partial charge is 0.416 e. The zero-order chi connectivity index (χ0) is 28.2.